The van der Waals surface area contributed by atoms with Crippen molar-refractivity contribution in [3.8, 4) is 0 Å². The van der Waals surface area contributed by atoms with Crippen molar-refractivity contribution in [2.45, 2.75) is 40.0 Å². The predicted octanol–water partition coefficient (Wildman–Crippen LogP) is 3.55. The van der Waals surface area contributed by atoms with Gasteiger partial charge in [0.2, 0.25) is 6.20 Å². The molecule has 3 heteroatoms. The van der Waals surface area contributed by atoms with Crippen LogP contribution in [0.4, 0.5) is 0 Å². The van der Waals surface area contributed by atoms with E-state index in [-0.39, 0.29) is 0 Å². The Morgan fingerprint density at radius 2 is 2.14 bits per heavy atom. The second-order valence-electron chi connectivity index (χ2n) is 3.87. The molecular formula is C11H19NO2. The van der Waals surface area contributed by atoms with Crippen molar-refractivity contribution in [2.75, 3.05) is 0 Å². The molecule has 0 aromatic carbocycles. The zero-order valence-electron chi connectivity index (χ0n) is 9.19. The minimum absolute atomic E-state index is 0.414. The molecule has 0 heterocycles. The average Bonchev–Trinajstić information content (AvgIpc) is 2.02. The van der Waals surface area contributed by atoms with Crippen LogP contribution in [0.1, 0.15) is 40.0 Å². The molecule has 0 bridgehead atoms. The second kappa shape index (κ2) is 7.30. The average molecular weight is 197 g/mol. The first-order chi connectivity index (χ1) is 6.52. The molecule has 14 heavy (non-hydrogen) atoms. The van der Waals surface area contributed by atoms with E-state index in [0.29, 0.717) is 5.92 Å². The largest absolute Gasteiger partial charge is 0.259 e. The van der Waals surface area contributed by atoms with E-state index in [1.807, 2.05) is 0 Å². The number of allylic oxidation sites excluding steroid dienone is 3. The summed E-state index contributed by atoms with van der Waals surface area (Å²) in [5.74, 6) is 0.516. The van der Waals surface area contributed by atoms with Gasteiger partial charge in [0.1, 0.15) is 0 Å². The summed E-state index contributed by atoms with van der Waals surface area (Å²) in [7, 11) is 0. The fourth-order valence-corrected chi connectivity index (χ4v) is 1.15. The van der Waals surface area contributed by atoms with Gasteiger partial charge in [-0.05, 0) is 45.1 Å². The molecule has 0 aromatic heterocycles. The standard InChI is InChI=1S/C11H19NO2/c1-10(2)6-4-7-11(3)8-5-9-12(13)14/h5-6,9,11H,4,7-8H2,1-3H3/b9-5+. The minimum Gasteiger partial charge on any atom is -0.259 e. The van der Waals surface area contributed by atoms with Crippen LogP contribution in [-0.2, 0) is 0 Å². The maximum absolute atomic E-state index is 9.99. The van der Waals surface area contributed by atoms with E-state index in [1.165, 1.54) is 5.57 Å². The zero-order chi connectivity index (χ0) is 11.0. The minimum atomic E-state index is -0.414. The van der Waals surface area contributed by atoms with Gasteiger partial charge in [0.15, 0.2) is 0 Å². The van der Waals surface area contributed by atoms with Crippen LogP contribution in [0.2, 0.25) is 0 Å². The van der Waals surface area contributed by atoms with Crippen molar-refractivity contribution in [2.24, 2.45) is 5.92 Å². The molecule has 0 aliphatic carbocycles. The molecule has 0 spiro atoms. The van der Waals surface area contributed by atoms with Crippen molar-refractivity contribution in [3.63, 3.8) is 0 Å². The molecule has 0 aromatic rings. The monoisotopic (exact) mass is 197 g/mol. The third-order valence-corrected chi connectivity index (χ3v) is 1.98. The van der Waals surface area contributed by atoms with E-state index >= 15 is 0 Å². The molecule has 1 unspecified atom stereocenters. The van der Waals surface area contributed by atoms with Crippen molar-refractivity contribution in [1.29, 1.82) is 0 Å². The van der Waals surface area contributed by atoms with Gasteiger partial charge in [-0.2, -0.15) is 0 Å². The summed E-state index contributed by atoms with van der Waals surface area (Å²) < 4.78 is 0. The molecule has 0 fully saturated rings. The van der Waals surface area contributed by atoms with E-state index in [4.69, 9.17) is 0 Å². The molecule has 3 nitrogen and oxygen atoms in total. The number of nitro groups is 1. The fraction of sp³-hybridized carbons (Fsp3) is 0.636. The van der Waals surface area contributed by atoms with Crippen molar-refractivity contribution in [3.05, 3.63) is 34.0 Å². The van der Waals surface area contributed by atoms with Gasteiger partial charge in [-0.15, -0.1) is 0 Å². The number of hydrogen-bond donors (Lipinski definition) is 0. The molecule has 0 N–H and O–H groups in total. The lowest BCUT2D eigenvalue weighted by Crippen LogP contribution is -1.92. The van der Waals surface area contributed by atoms with Crippen LogP contribution in [-0.4, -0.2) is 4.92 Å². The van der Waals surface area contributed by atoms with Gasteiger partial charge in [-0.3, -0.25) is 10.1 Å². The molecule has 1 atom stereocenters. The molecule has 0 rings (SSSR count). The van der Waals surface area contributed by atoms with Gasteiger partial charge in [0.05, 0.1) is 4.92 Å². The molecule has 0 radical (unpaired) electrons. The van der Waals surface area contributed by atoms with Crippen molar-refractivity contribution in [1.82, 2.24) is 0 Å². The van der Waals surface area contributed by atoms with E-state index < -0.39 is 4.92 Å². The normalized spacial score (nSPS) is 12.8. The van der Waals surface area contributed by atoms with Crippen LogP contribution >= 0.6 is 0 Å². The predicted molar refractivity (Wildman–Crippen MR) is 58.6 cm³/mol. The van der Waals surface area contributed by atoms with Gasteiger partial charge >= 0.3 is 0 Å². The van der Waals surface area contributed by atoms with Gasteiger partial charge in [0, 0.05) is 0 Å². The number of rotatable bonds is 6. The van der Waals surface area contributed by atoms with Crippen LogP contribution in [0.5, 0.6) is 0 Å². The Morgan fingerprint density at radius 1 is 1.50 bits per heavy atom. The highest BCUT2D eigenvalue weighted by Gasteiger charge is 1.98. The van der Waals surface area contributed by atoms with Crippen LogP contribution in [0.15, 0.2) is 23.9 Å². The smallest absolute Gasteiger partial charge is 0.230 e. The third kappa shape index (κ3) is 8.97. The van der Waals surface area contributed by atoms with Crippen molar-refractivity contribution >= 4 is 0 Å². The Kier molecular flexibility index (Phi) is 6.72. The Balaban J connectivity index is 3.61. The summed E-state index contributed by atoms with van der Waals surface area (Å²) in [5, 5.41) is 9.99. The van der Waals surface area contributed by atoms with Crippen LogP contribution < -0.4 is 0 Å². The molecule has 0 aliphatic heterocycles. The molecule has 0 saturated heterocycles. The Labute approximate surface area is 85.7 Å². The maximum atomic E-state index is 9.99. The quantitative estimate of drug-likeness (QED) is 0.371. The highest BCUT2D eigenvalue weighted by molar-refractivity contribution is 4.93. The highest BCUT2D eigenvalue weighted by atomic mass is 16.6. The zero-order valence-corrected chi connectivity index (χ0v) is 9.19. The molecule has 0 amide bonds. The fourth-order valence-electron chi connectivity index (χ4n) is 1.15. The molecule has 80 valence electrons. The summed E-state index contributed by atoms with van der Waals surface area (Å²) in [5.41, 5.74) is 1.33. The van der Waals surface area contributed by atoms with E-state index in [0.717, 1.165) is 25.5 Å². The first kappa shape index (κ1) is 12.9. The lowest BCUT2D eigenvalue weighted by atomic mass is 10.0. The van der Waals surface area contributed by atoms with E-state index in [2.05, 4.69) is 26.8 Å². The van der Waals surface area contributed by atoms with E-state index in [9.17, 15) is 10.1 Å². The maximum Gasteiger partial charge on any atom is 0.230 e. The summed E-state index contributed by atoms with van der Waals surface area (Å²) in [4.78, 5) is 9.58. The van der Waals surface area contributed by atoms with Gasteiger partial charge < -0.3 is 0 Å². The molecular weight excluding hydrogens is 178 g/mol. The Morgan fingerprint density at radius 3 is 2.64 bits per heavy atom. The van der Waals surface area contributed by atoms with E-state index in [1.54, 1.807) is 6.08 Å². The van der Waals surface area contributed by atoms with Gasteiger partial charge in [0.25, 0.3) is 0 Å². The van der Waals surface area contributed by atoms with Gasteiger partial charge in [-0.1, -0.05) is 18.6 Å². The SMILES string of the molecule is CC(C)=CCCC(C)C/C=C/[N+](=O)[O-]. The third-order valence-electron chi connectivity index (χ3n) is 1.98. The Hall–Kier alpha value is -1.12. The molecule has 0 saturated carbocycles. The summed E-state index contributed by atoms with van der Waals surface area (Å²) >= 11 is 0. The highest BCUT2D eigenvalue weighted by Crippen LogP contribution is 2.12. The van der Waals surface area contributed by atoms with Crippen LogP contribution in [0, 0.1) is 16.0 Å². The first-order valence-corrected chi connectivity index (χ1v) is 4.96. The molecule has 0 aliphatic rings. The lowest BCUT2D eigenvalue weighted by Gasteiger charge is -2.05. The topological polar surface area (TPSA) is 43.1 Å². The van der Waals surface area contributed by atoms with Crippen molar-refractivity contribution < 1.29 is 4.92 Å². The number of hydrogen-bond acceptors (Lipinski definition) is 2. The second-order valence-corrected chi connectivity index (χ2v) is 3.87. The summed E-state index contributed by atoms with van der Waals surface area (Å²) in [6, 6.07) is 0. The Bertz CT molecular complexity index is 227. The van der Waals surface area contributed by atoms with Crippen LogP contribution in [0.3, 0.4) is 0 Å². The van der Waals surface area contributed by atoms with Gasteiger partial charge in [-0.25, -0.2) is 0 Å². The summed E-state index contributed by atoms with van der Waals surface area (Å²) in [6.07, 6.45) is 7.80. The lowest BCUT2D eigenvalue weighted by molar-refractivity contribution is -0.402. The first-order valence-electron chi connectivity index (χ1n) is 4.96. The summed E-state index contributed by atoms with van der Waals surface area (Å²) in [6.45, 7) is 6.28. The van der Waals surface area contributed by atoms with Crippen LogP contribution in [0.25, 0.3) is 0 Å². The number of nitrogens with zero attached hydrogens (tertiary/aromatic N) is 1.